The minimum atomic E-state index is -0.817. The van der Waals surface area contributed by atoms with Gasteiger partial charge in [-0.3, -0.25) is 14.3 Å². The summed E-state index contributed by atoms with van der Waals surface area (Å²) < 4.78 is 1.83. The number of hydrogen-bond acceptors (Lipinski definition) is 4. The summed E-state index contributed by atoms with van der Waals surface area (Å²) in [5.41, 5.74) is 0.998. The smallest absolute Gasteiger partial charge is 0.308 e. The number of carbonyl (C=O) groups is 2. The molecule has 2 aromatic heterocycles. The molecule has 0 aromatic carbocycles. The summed E-state index contributed by atoms with van der Waals surface area (Å²) >= 11 is 1.44. The Morgan fingerprint density at radius 2 is 2.12 bits per heavy atom. The molecule has 2 aromatic rings. The third-order valence-corrected chi connectivity index (χ3v) is 6.05. The van der Waals surface area contributed by atoms with Gasteiger partial charge in [-0.25, -0.2) is 0 Å². The molecule has 1 aliphatic rings. The lowest BCUT2D eigenvalue weighted by Crippen LogP contribution is -2.48. The first-order chi connectivity index (χ1) is 11.3. The van der Waals surface area contributed by atoms with E-state index in [1.807, 2.05) is 24.7 Å². The van der Waals surface area contributed by atoms with Gasteiger partial charge in [0.05, 0.1) is 16.5 Å². The van der Waals surface area contributed by atoms with E-state index in [0.717, 1.165) is 22.3 Å². The van der Waals surface area contributed by atoms with E-state index in [9.17, 15) is 14.7 Å². The molecule has 1 fully saturated rings. The van der Waals surface area contributed by atoms with Crippen LogP contribution in [0.1, 0.15) is 54.9 Å². The van der Waals surface area contributed by atoms with E-state index >= 15 is 0 Å². The first-order valence-electron chi connectivity index (χ1n) is 8.31. The Hall–Kier alpha value is -1.89. The lowest BCUT2D eigenvalue weighted by molar-refractivity contribution is -0.144. The highest BCUT2D eigenvalue weighted by atomic mass is 32.1. The maximum absolute atomic E-state index is 13.0. The minimum absolute atomic E-state index is 0.0654. The number of amides is 1. The predicted octanol–water partition coefficient (Wildman–Crippen LogP) is 3.08. The van der Waals surface area contributed by atoms with Gasteiger partial charge >= 0.3 is 5.97 Å². The van der Waals surface area contributed by atoms with Crippen LogP contribution in [0.5, 0.6) is 0 Å². The van der Waals surface area contributed by atoms with Crippen molar-refractivity contribution >= 4 is 33.4 Å². The number of thiophene rings is 1. The van der Waals surface area contributed by atoms with Crippen LogP contribution in [0.25, 0.3) is 10.2 Å². The number of nitrogens with zero attached hydrogens (tertiary/aromatic N) is 3. The van der Waals surface area contributed by atoms with Gasteiger partial charge in [0.2, 0.25) is 0 Å². The molecule has 0 saturated carbocycles. The zero-order chi connectivity index (χ0) is 17.6. The Kier molecular flexibility index (Phi) is 4.38. The van der Waals surface area contributed by atoms with Gasteiger partial charge in [-0.2, -0.15) is 5.10 Å². The second-order valence-corrected chi connectivity index (χ2v) is 7.85. The minimum Gasteiger partial charge on any atom is -0.481 e. The Morgan fingerprint density at radius 1 is 1.42 bits per heavy atom. The monoisotopic (exact) mass is 349 g/mol. The summed E-state index contributed by atoms with van der Waals surface area (Å²) in [6.45, 7) is 6.63. The van der Waals surface area contributed by atoms with Gasteiger partial charge in [-0.15, -0.1) is 11.3 Å². The zero-order valence-electron chi connectivity index (χ0n) is 14.4. The molecular formula is C17H23N3O3S. The van der Waals surface area contributed by atoms with Gasteiger partial charge in [0.25, 0.3) is 5.91 Å². The number of carbonyl (C=O) groups excluding carboxylic acids is 1. The average molecular weight is 349 g/mol. The number of rotatable bonds is 3. The molecule has 3 heterocycles. The van der Waals surface area contributed by atoms with Crippen LogP contribution in [0.2, 0.25) is 0 Å². The highest BCUT2D eigenvalue weighted by molar-refractivity contribution is 7.20. The summed E-state index contributed by atoms with van der Waals surface area (Å²) in [4.78, 5) is 27.7. The van der Waals surface area contributed by atoms with Crippen LogP contribution in [0.4, 0.5) is 0 Å². The molecule has 0 bridgehead atoms. The molecule has 7 heteroatoms. The molecule has 0 spiro atoms. The fraction of sp³-hybridized carbons (Fsp3) is 0.588. The van der Waals surface area contributed by atoms with Crippen LogP contribution < -0.4 is 0 Å². The second kappa shape index (κ2) is 6.20. The number of hydrogen-bond donors (Lipinski definition) is 1. The molecule has 1 saturated heterocycles. The van der Waals surface area contributed by atoms with Crippen molar-refractivity contribution in [1.82, 2.24) is 14.7 Å². The highest BCUT2D eigenvalue weighted by Gasteiger charge is 2.36. The van der Waals surface area contributed by atoms with Crippen molar-refractivity contribution in [3.63, 3.8) is 0 Å². The maximum Gasteiger partial charge on any atom is 0.308 e. The van der Waals surface area contributed by atoms with Crippen molar-refractivity contribution in [2.45, 2.75) is 45.6 Å². The van der Waals surface area contributed by atoms with E-state index in [-0.39, 0.29) is 17.9 Å². The van der Waals surface area contributed by atoms with Crippen molar-refractivity contribution in [3.05, 3.63) is 16.6 Å². The van der Waals surface area contributed by atoms with Gasteiger partial charge < -0.3 is 10.0 Å². The van der Waals surface area contributed by atoms with E-state index in [2.05, 4.69) is 18.9 Å². The van der Waals surface area contributed by atoms with Crippen LogP contribution in [-0.4, -0.2) is 44.3 Å². The number of likely N-dealkylation sites (tertiary alicyclic amines) is 1. The van der Waals surface area contributed by atoms with E-state index < -0.39 is 11.9 Å². The topological polar surface area (TPSA) is 75.4 Å². The first kappa shape index (κ1) is 17.0. The Labute approximate surface area is 145 Å². The second-order valence-electron chi connectivity index (χ2n) is 6.82. The Balaban J connectivity index is 1.94. The summed E-state index contributed by atoms with van der Waals surface area (Å²) in [6, 6.07) is 1.64. The molecule has 1 aliphatic heterocycles. The number of aromatic nitrogens is 2. The third-order valence-electron chi connectivity index (χ3n) is 4.86. The van der Waals surface area contributed by atoms with Gasteiger partial charge in [0, 0.05) is 25.0 Å². The lowest BCUT2D eigenvalue weighted by atomic mass is 9.90. The Bertz CT molecular complexity index is 792. The largest absolute Gasteiger partial charge is 0.481 e. The molecule has 0 aliphatic carbocycles. The average Bonchev–Trinajstić information content (AvgIpc) is 3.07. The highest BCUT2D eigenvalue weighted by Crippen LogP contribution is 2.33. The van der Waals surface area contributed by atoms with E-state index in [1.54, 1.807) is 4.90 Å². The van der Waals surface area contributed by atoms with Crippen molar-refractivity contribution in [2.24, 2.45) is 13.0 Å². The third kappa shape index (κ3) is 2.70. The van der Waals surface area contributed by atoms with Gasteiger partial charge in [-0.1, -0.05) is 13.8 Å². The summed E-state index contributed by atoms with van der Waals surface area (Å²) in [6.07, 6.45) is 1.37. The molecule has 6 nitrogen and oxygen atoms in total. The zero-order valence-corrected chi connectivity index (χ0v) is 15.3. The van der Waals surface area contributed by atoms with E-state index in [1.165, 1.54) is 11.3 Å². The van der Waals surface area contributed by atoms with Gasteiger partial charge in [0.1, 0.15) is 4.83 Å². The molecule has 0 unspecified atom stereocenters. The quantitative estimate of drug-likeness (QED) is 0.924. The fourth-order valence-electron chi connectivity index (χ4n) is 3.50. The van der Waals surface area contributed by atoms with Crippen LogP contribution in [0.3, 0.4) is 0 Å². The number of aryl methyl sites for hydroxylation is 1. The summed E-state index contributed by atoms with van der Waals surface area (Å²) in [7, 11) is 1.89. The van der Waals surface area contributed by atoms with Crippen LogP contribution >= 0.6 is 11.3 Å². The van der Waals surface area contributed by atoms with E-state index in [4.69, 9.17) is 0 Å². The standard InChI is InChI=1S/C17H23N3O3S/c1-9(2)14-12-8-13(24-16(12)19(4)18-14)15(21)20-7-5-6-11(10(20)3)17(22)23/h8-11H,5-7H2,1-4H3,(H,22,23)/t10-,11-/m0/s1. The molecule has 3 rings (SSSR count). The lowest BCUT2D eigenvalue weighted by Gasteiger charge is -2.37. The molecule has 1 amide bonds. The molecule has 24 heavy (non-hydrogen) atoms. The molecule has 1 N–H and O–H groups in total. The van der Waals surface area contributed by atoms with Crippen LogP contribution in [0.15, 0.2) is 6.07 Å². The first-order valence-corrected chi connectivity index (χ1v) is 9.13. The van der Waals surface area contributed by atoms with Gasteiger partial charge in [0.15, 0.2) is 0 Å². The molecule has 0 radical (unpaired) electrons. The van der Waals surface area contributed by atoms with Crippen molar-refractivity contribution in [2.75, 3.05) is 6.54 Å². The molecule has 130 valence electrons. The SMILES string of the molecule is CC(C)c1nn(C)c2sc(C(=O)N3CCC[C@H](C(=O)O)[C@@H]3C)cc12. The number of aliphatic carboxylic acids is 1. The fourth-order valence-corrected chi connectivity index (χ4v) is 4.54. The number of carboxylic acid groups (broad SMARTS) is 1. The number of piperidine rings is 1. The maximum atomic E-state index is 13.0. The van der Waals surface area contributed by atoms with Crippen molar-refractivity contribution in [1.29, 1.82) is 0 Å². The summed E-state index contributed by atoms with van der Waals surface area (Å²) in [5, 5.41) is 14.9. The van der Waals surface area contributed by atoms with Crippen molar-refractivity contribution in [3.8, 4) is 0 Å². The van der Waals surface area contributed by atoms with Crippen LogP contribution in [0, 0.1) is 5.92 Å². The summed E-state index contributed by atoms with van der Waals surface area (Å²) in [5.74, 6) is -1.08. The van der Waals surface area contributed by atoms with Crippen LogP contribution in [-0.2, 0) is 11.8 Å². The van der Waals surface area contributed by atoms with E-state index in [0.29, 0.717) is 17.8 Å². The molecule has 2 atom stereocenters. The molecular weight excluding hydrogens is 326 g/mol. The van der Waals surface area contributed by atoms with Gasteiger partial charge in [-0.05, 0) is 31.7 Å². The Morgan fingerprint density at radius 3 is 2.75 bits per heavy atom. The predicted molar refractivity (Wildman–Crippen MR) is 93.5 cm³/mol. The van der Waals surface area contributed by atoms with Crippen molar-refractivity contribution < 1.29 is 14.7 Å². The number of carboxylic acids is 1. The number of fused-ring (bicyclic) bond motifs is 1. The normalized spacial score (nSPS) is 21.6.